The number of halogens is 1. The number of nitrogens with zero attached hydrogens (tertiary/aromatic N) is 2. The second kappa shape index (κ2) is 7.57. The highest BCUT2D eigenvalue weighted by Crippen LogP contribution is 2.48. The van der Waals surface area contributed by atoms with Gasteiger partial charge in [-0.05, 0) is 61.7 Å². The van der Waals surface area contributed by atoms with Crippen molar-refractivity contribution < 1.29 is 18.8 Å². The molecule has 2 aliphatic heterocycles. The predicted molar refractivity (Wildman–Crippen MR) is 120 cm³/mol. The van der Waals surface area contributed by atoms with Crippen LogP contribution in [-0.2, 0) is 14.4 Å². The van der Waals surface area contributed by atoms with E-state index in [9.17, 15) is 14.0 Å². The third-order valence-electron chi connectivity index (χ3n) is 6.20. The molecule has 2 amide bonds. The van der Waals surface area contributed by atoms with E-state index in [1.807, 2.05) is 63.2 Å². The van der Waals surface area contributed by atoms with Crippen molar-refractivity contribution in [3.8, 4) is 0 Å². The molecule has 2 aliphatic rings. The Labute approximate surface area is 186 Å². The minimum absolute atomic E-state index is 0.303. The van der Waals surface area contributed by atoms with Crippen LogP contribution in [0.3, 0.4) is 0 Å². The molecular formula is C26H23FN2O3. The number of hydrogen-bond acceptors (Lipinski definition) is 4. The van der Waals surface area contributed by atoms with E-state index in [0.717, 1.165) is 22.4 Å². The number of imide groups is 1. The molecule has 32 heavy (non-hydrogen) atoms. The Morgan fingerprint density at radius 3 is 2.09 bits per heavy atom. The standard InChI is InChI=1S/C26H23FN2O3/c1-15-13-16(2)22(17(3)14-15)28-25(30)21-23(18-9-11-19(27)12-10-18)29(32-24(21)26(28)31)20-7-5-4-6-8-20/h4-14,21,23-24H,1-3H3/t21-,23-,24-/m1/s1. The highest BCUT2D eigenvalue weighted by molar-refractivity contribution is 6.24. The molecule has 0 radical (unpaired) electrons. The molecule has 5 nitrogen and oxygen atoms in total. The lowest BCUT2D eigenvalue weighted by Crippen LogP contribution is -2.38. The number of hydrogen-bond donors (Lipinski definition) is 0. The topological polar surface area (TPSA) is 49.9 Å². The number of carbonyl (C=O) groups is 2. The Hall–Kier alpha value is -3.51. The summed E-state index contributed by atoms with van der Waals surface area (Å²) < 4.78 is 13.6. The van der Waals surface area contributed by atoms with E-state index in [4.69, 9.17) is 4.84 Å². The van der Waals surface area contributed by atoms with Crippen molar-refractivity contribution in [3.63, 3.8) is 0 Å². The van der Waals surface area contributed by atoms with Crippen LogP contribution in [0.4, 0.5) is 15.8 Å². The van der Waals surface area contributed by atoms with Crippen LogP contribution in [0.1, 0.15) is 28.3 Å². The maximum absolute atomic E-state index is 13.7. The monoisotopic (exact) mass is 430 g/mol. The van der Waals surface area contributed by atoms with E-state index in [0.29, 0.717) is 11.3 Å². The van der Waals surface area contributed by atoms with E-state index in [1.54, 1.807) is 17.2 Å². The van der Waals surface area contributed by atoms with Crippen LogP contribution in [0.15, 0.2) is 66.7 Å². The van der Waals surface area contributed by atoms with E-state index < -0.39 is 18.1 Å². The molecule has 3 aromatic carbocycles. The van der Waals surface area contributed by atoms with Gasteiger partial charge in [-0.25, -0.2) is 14.4 Å². The van der Waals surface area contributed by atoms with Gasteiger partial charge in [0.05, 0.1) is 17.4 Å². The molecule has 0 unspecified atom stereocenters. The lowest BCUT2D eigenvalue weighted by molar-refractivity contribution is -0.126. The van der Waals surface area contributed by atoms with Crippen molar-refractivity contribution in [2.24, 2.45) is 5.92 Å². The Balaban J connectivity index is 1.61. The van der Waals surface area contributed by atoms with Crippen molar-refractivity contribution in [1.82, 2.24) is 0 Å². The van der Waals surface area contributed by atoms with Gasteiger partial charge in [0.2, 0.25) is 5.91 Å². The number of rotatable bonds is 3. The molecule has 3 atom stereocenters. The molecule has 2 fully saturated rings. The quantitative estimate of drug-likeness (QED) is 0.560. The van der Waals surface area contributed by atoms with Crippen molar-refractivity contribution >= 4 is 23.2 Å². The number of aryl methyl sites for hydroxylation is 3. The third kappa shape index (κ3) is 3.10. The first kappa shape index (κ1) is 20.4. The van der Waals surface area contributed by atoms with E-state index in [-0.39, 0.29) is 17.6 Å². The zero-order valence-electron chi connectivity index (χ0n) is 18.1. The Morgan fingerprint density at radius 2 is 1.47 bits per heavy atom. The van der Waals surface area contributed by atoms with Gasteiger partial charge >= 0.3 is 0 Å². The van der Waals surface area contributed by atoms with Crippen LogP contribution >= 0.6 is 0 Å². The van der Waals surface area contributed by atoms with Gasteiger partial charge in [0.1, 0.15) is 11.7 Å². The van der Waals surface area contributed by atoms with Crippen LogP contribution in [-0.4, -0.2) is 17.9 Å². The second-order valence-electron chi connectivity index (χ2n) is 8.47. The zero-order valence-corrected chi connectivity index (χ0v) is 18.1. The molecule has 6 heteroatoms. The molecule has 2 heterocycles. The van der Waals surface area contributed by atoms with Gasteiger partial charge in [-0.1, -0.05) is 48.0 Å². The summed E-state index contributed by atoms with van der Waals surface area (Å²) in [5, 5.41) is 1.62. The van der Waals surface area contributed by atoms with Crippen molar-refractivity contribution in [2.45, 2.75) is 32.9 Å². The summed E-state index contributed by atoms with van der Waals surface area (Å²) in [5.41, 5.74) is 4.85. The Bertz CT molecular complexity index is 1190. The highest BCUT2D eigenvalue weighted by atomic mass is 19.1. The Kier molecular flexibility index (Phi) is 4.82. The van der Waals surface area contributed by atoms with Gasteiger partial charge in [0.25, 0.3) is 5.91 Å². The fraction of sp³-hybridized carbons (Fsp3) is 0.231. The second-order valence-corrected chi connectivity index (χ2v) is 8.47. The van der Waals surface area contributed by atoms with E-state index >= 15 is 0 Å². The molecule has 162 valence electrons. The first-order chi connectivity index (χ1) is 15.4. The predicted octanol–water partition coefficient (Wildman–Crippen LogP) is 4.80. The molecular weight excluding hydrogens is 407 g/mol. The van der Waals surface area contributed by atoms with Gasteiger partial charge in [0, 0.05) is 0 Å². The number of amides is 2. The lowest BCUT2D eigenvalue weighted by atomic mass is 9.90. The fourth-order valence-corrected chi connectivity index (χ4v) is 4.96. The van der Waals surface area contributed by atoms with Crippen LogP contribution in [0.5, 0.6) is 0 Å². The maximum atomic E-state index is 13.7. The first-order valence-corrected chi connectivity index (χ1v) is 10.6. The minimum Gasteiger partial charge on any atom is -0.273 e. The van der Waals surface area contributed by atoms with Gasteiger partial charge in [0.15, 0.2) is 6.10 Å². The molecule has 0 aromatic heterocycles. The van der Waals surface area contributed by atoms with Gasteiger partial charge in [-0.3, -0.25) is 14.4 Å². The van der Waals surface area contributed by atoms with Gasteiger partial charge < -0.3 is 0 Å². The first-order valence-electron chi connectivity index (χ1n) is 10.6. The van der Waals surface area contributed by atoms with E-state index in [2.05, 4.69) is 0 Å². The molecule has 0 saturated carbocycles. The average Bonchev–Trinajstić information content (AvgIpc) is 3.26. The molecule has 5 rings (SSSR count). The fourth-order valence-electron chi connectivity index (χ4n) is 4.96. The molecule has 0 bridgehead atoms. The van der Waals surface area contributed by atoms with Gasteiger partial charge in [-0.2, -0.15) is 0 Å². The molecule has 0 spiro atoms. The number of anilines is 2. The van der Waals surface area contributed by atoms with Crippen molar-refractivity contribution in [3.05, 3.63) is 94.8 Å². The zero-order chi connectivity index (χ0) is 22.6. The van der Waals surface area contributed by atoms with Crippen LogP contribution < -0.4 is 9.96 Å². The highest BCUT2D eigenvalue weighted by Gasteiger charge is 2.60. The summed E-state index contributed by atoms with van der Waals surface area (Å²) in [6, 6.07) is 18.7. The van der Waals surface area contributed by atoms with Crippen LogP contribution in [0, 0.1) is 32.5 Å². The Morgan fingerprint density at radius 1 is 0.844 bits per heavy atom. The smallest absolute Gasteiger partial charge is 0.266 e. The summed E-state index contributed by atoms with van der Waals surface area (Å²) in [5.74, 6) is -1.78. The SMILES string of the molecule is Cc1cc(C)c(N2C(=O)[C@@H]3[C@@H](c4ccc(F)cc4)N(c4ccccc4)O[C@H]3C2=O)c(C)c1. The van der Waals surface area contributed by atoms with Crippen molar-refractivity contribution in [2.75, 3.05) is 9.96 Å². The van der Waals surface area contributed by atoms with E-state index in [1.165, 1.54) is 17.0 Å². The minimum atomic E-state index is -0.946. The van der Waals surface area contributed by atoms with Crippen molar-refractivity contribution in [1.29, 1.82) is 0 Å². The largest absolute Gasteiger partial charge is 0.273 e. The summed E-state index contributed by atoms with van der Waals surface area (Å²) in [6.07, 6.45) is -0.946. The third-order valence-corrected chi connectivity index (χ3v) is 6.20. The summed E-state index contributed by atoms with van der Waals surface area (Å²) in [6.45, 7) is 5.79. The average molecular weight is 430 g/mol. The normalized spacial score (nSPS) is 22.6. The molecule has 0 N–H and O–H groups in total. The molecule has 3 aromatic rings. The lowest BCUT2D eigenvalue weighted by Gasteiger charge is -2.29. The number of hydroxylamine groups is 1. The number of fused-ring (bicyclic) bond motifs is 1. The number of para-hydroxylation sites is 1. The van der Waals surface area contributed by atoms with Gasteiger partial charge in [-0.15, -0.1) is 0 Å². The maximum Gasteiger partial charge on any atom is 0.266 e. The number of benzene rings is 3. The summed E-state index contributed by atoms with van der Waals surface area (Å²) in [4.78, 5) is 34.6. The summed E-state index contributed by atoms with van der Waals surface area (Å²) >= 11 is 0. The number of carbonyl (C=O) groups excluding carboxylic acids is 2. The summed E-state index contributed by atoms with van der Waals surface area (Å²) in [7, 11) is 0. The molecule has 2 saturated heterocycles. The van der Waals surface area contributed by atoms with Crippen LogP contribution in [0.25, 0.3) is 0 Å². The van der Waals surface area contributed by atoms with Crippen LogP contribution in [0.2, 0.25) is 0 Å². The molecule has 0 aliphatic carbocycles.